The maximum atomic E-state index is 12.4. The third-order valence-electron chi connectivity index (χ3n) is 5.01. The standard InChI is InChI=1S/C24H20F3N5O3S/c1-2-15-12-16(6-11-20(15)29-23(34)30-21-5-3-4-18(33)13-36-21)22-28-14-32(31-22)17-7-9-19(10-8-17)35-24(25,26)27/h3,5-12,14H,2,4,13H2,1H3,(H,29,34)/b30-21-. The molecule has 1 aliphatic rings. The highest BCUT2D eigenvalue weighted by Gasteiger charge is 2.31. The smallest absolute Gasteiger partial charge is 0.406 e. The zero-order chi connectivity index (χ0) is 25.7. The zero-order valence-electron chi connectivity index (χ0n) is 19.0. The van der Waals surface area contributed by atoms with E-state index in [4.69, 9.17) is 0 Å². The van der Waals surface area contributed by atoms with Crippen LogP contribution in [0.4, 0.5) is 23.7 Å². The van der Waals surface area contributed by atoms with E-state index in [-0.39, 0.29) is 17.3 Å². The molecule has 1 aromatic heterocycles. The summed E-state index contributed by atoms with van der Waals surface area (Å²) < 4.78 is 42.4. The van der Waals surface area contributed by atoms with Crippen molar-refractivity contribution in [2.24, 2.45) is 4.99 Å². The van der Waals surface area contributed by atoms with Crippen LogP contribution in [0.25, 0.3) is 17.1 Å². The first kappa shape index (κ1) is 25.2. The van der Waals surface area contributed by atoms with Gasteiger partial charge in [-0.15, -0.1) is 18.3 Å². The second-order valence-corrected chi connectivity index (χ2v) is 8.59. The highest BCUT2D eigenvalue weighted by atomic mass is 32.2. The van der Waals surface area contributed by atoms with Gasteiger partial charge >= 0.3 is 12.4 Å². The first-order chi connectivity index (χ1) is 17.2. The number of aliphatic imine (C=N–C) groups is 1. The largest absolute Gasteiger partial charge is 0.573 e. The molecule has 0 saturated carbocycles. The van der Waals surface area contributed by atoms with Crippen molar-refractivity contribution in [2.45, 2.75) is 26.1 Å². The lowest BCUT2D eigenvalue weighted by Gasteiger charge is -2.10. The SMILES string of the molecule is CCc1cc(-c2ncn(-c3ccc(OC(F)(F)F)cc3)n2)ccc1NC(=O)/N=C1/C=CCC(=O)CS1. The van der Waals surface area contributed by atoms with Crippen LogP contribution in [0.3, 0.4) is 0 Å². The van der Waals surface area contributed by atoms with Gasteiger partial charge in [0.25, 0.3) is 0 Å². The van der Waals surface area contributed by atoms with E-state index in [0.29, 0.717) is 40.6 Å². The lowest BCUT2D eigenvalue weighted by Crippen LogP contribution is -2.17. The lowest BCUT2D eigenvalue weighted by molar-refractivity contribution is -0.274. The number of nitrogens with zero attached hydrogens (tertiary/aromatic N) is 4. The van der Waals surface area contributed by atoms with Gasteiger partial charge in [0.05, 0.1) is 11.4 Å². The first-order valence-corrected chi connectivity index (χ1v) is 11.8. The van der Waals surface area contributed by atoms with Gasteiger partial charge in [-0.2, -0.15) is 4.99 Å². The number of hydrogen-bond acceptors (Lipinski definition) is 6. The van der Waals surface area contributed by atoms with Crippen molar-refractivity contribution >= 4 is 34.3 Å². The molecule has 4 rings (SSSR count). The van der Waals surface area contributed by atoms with E-state index >= 15 is 0 Å². The highest BCUT2D eigenvalue weighted by Crippen LogP contribution is 2.26. The summed E-state index contributed by atoms with van der Waals surface area (Å²) in [6, 6.07) is 10.1. The summed E-state index contributed by atoms with van der Waals surface area (Å²) in [5.41, 5.74) is 2.64. The Kier molecular flexibility index (Phi) is 7.53. The maximum absolute atomic E-state index is 12.4. The quantitative estimate of drug-likeness (QED) is 0.476. The van der Waals surface area contributed by atoms with Crippen molar-refractivity contribution < 1.29 is 27.5 Å². The average Bonchev–Trinajstić information content (AvgIpc) is 3.23. The van der Waals surface area contributed by atoms with Crippen molar-refractivity contribution in [1.29, 1.82) is 0 Å². The predicted molar refractivity (Wildman–Crippen MR) is 131 cm³/mol. The molecule has 2 heterocycles. The Labute approximate surface area is 208 Å². The predicted octanol–water partition coefficient (Wildman–Crippen LogP) is 5.59. The van der Waals surface area contributed by atoms with Gasteiger partial charge in [0.2, 0.25) is 0 Å². The topological polar surface area (TPSA) is 98.5 Å². The number of Topliss-reactive ketones (excluding diaryl/α,β-unsaturated/α-hetero) is 1. The summed E-state index contributed by atoms with van der Waals surface area (Å²) in [6.07, 6.45) is 0.995. The highest BCUT2D eigenvalue weighted by molar-refractivity contribution is 8.14. The number of carbonyl (C=O) groups excluding carboxylic acids is 2. The van der Waals surface area contributed by atoms with Crippen molar-refractivity contribution in [1.82, 2.24) is 14.8 Å². The summed E-state index contributed by atoms with van der Waals surface area (Å²) >= 11 is 1.22. The fourth-order valence-corrected chi connectivity index (χ4v) is 4.10. The van der Waals surface area contributed by atoms with Gasteiger partial charge in [0.1, 0.15) is 22.9 Å². The molecule has 0 aliphatic carbocycles. The Morgan fingerprint density at radius 1 is 1.22 bits per heavy atom. The minimum Gasteiger partial charge on any atom is -0.406 e. The van der Waals surface area contributed by atoms with Gasteiger partial charge in [-0.3, -0.25) is 4.79 Å². The fourth-order valence-electron chi connectivity index (χ4n) is 3.33. The molecule has 3 aromatic rings. The molecule has 12 heteroatoms. The Hall–Kier alpha value is -3.93. The number of ketones is 1. The van der Waals surface area contributed by atoms with Crippen molar-refractivity contribution in [3.63, 3.8) is 0 Å². The summed E-state index contributed by atoms with van der Waals surface area (Å²) in [4.78, 5) is 32.3. The molecule has 0 fully saturated rings. The van der Waals surface area contributed by atoms with Crippen LogP contribution < -0.4 is 10.1 Å². The first-order valence-electron chi connectivity index (χ1n) is 10.8. The third kappa shape index (κ3) is 6.60. The maximum Gasteiger partial charge on any atom is 0.573 e. The van der Waals surface area contributed by atoms with E-state index in [1.165, 1.54) is 47.0 Å². The van der Waals surface area contributed by atoms with Gasteiger partial charge in [-0.1, -0.05) is 24.8 Å². The number of aromatic nitrogens is 3. The molecule has 2 amide bonds. The van der Waals surface area contributed by atoms with Gasteiger partial charge in [-0.25, -0.2) is 14.5 Å². The van der Waals surface area contributed by atoms with Crippen LogP contribution in [-0.2, 0) is 11.2 Å². The van der Waals surface area contributed by atoms with Crippen molar-refractivity contribution in [3.05, 3.63) is 66.5 Å². The molecule has 36 heavy (non-hydrogen) atoms. The van der Waals surface area contributed by atoms with Gasteiger partial charge in [0.15, 0.2) is 5.82 Å². The molecule has 8 nitrogen and oxygen atoms in total. The fraction of sp³-hybridized carbons (Fsp3) is 0.208. The van der Waals surface area contributed by atoms with Crippen molar-refractivity contribution in [2.75, 3.05) is 11.1 Å². The summed E-state index contributed by atoms with van der Waals surface area (Å²) in [6.45, 7) is 1.94. The number of alkyl halides is 3. The van der Waals surface area contributed by atoms with E-state index in [2.05, 4.69) is 25.1 Å². The number of hydrogen-bond donors (Lipinski definition) is 1. The van der Waals surface area contributed by atoms with Gasteiger partial charge in [-0.05, 0) is 60.5 Å². The Balaban J connectivity index is 1.48. The van der Waals surface area contributed by atoms with Gasteiger partial charge in [0, 0.05) is 17.7 Å². The number of amides is 2. The van der Waals surface area contributed by atoms with Gasteiger partial charge < -0.3 is 10.1 Å². The molecular formula is C24H20F3N5O3S. The molecular weight excluding hydrogens is 495 g/mol. The molecule has 0 saturated heterocycles. The summed E-state index contributed by atoms with van der Waals surface area (Å²) in [5.74, 6) is 0.431. The van der Waals surface area contributed by atoms with E-state index < -0.39 is 12.4 Å². The van der Waals surface area contributed by atoms with Crippen LogP contribution in [0.15, 0.2) is 65.9 Å². The van der Waals surface area contributed by atoms with Crippen LogP contribution in [0, 0.1) is 0 Å². The van der Waals surface area contributed by atoms with Crippen LogP contribution in [0.5, 0.6) is 5.75 Å². The van der Waals surface area contributed by atoms with E-state index in [9.17, 15) is 22.8 Å². The number of benzene rings is 2. The summed E-state index contributed by atoms with van der Waals surface area (Å²) in [5, 5.41) is 7.66. The minimum atomic E-state index is -4.76. The molecule has 0 atom stereocenters. The molecule has 0 bridgehead atoms. The normalized spacial score (nSPS) is 15.1. The molecule has 0 radical (unpaired) electrons. The molecule has 0 spiro atoms. The Morgan fingerprint density at radius 2 is 2.00 bits per heavy atom. The average molecular weight is 516 g/mol. The van der Waals surface area contributed by atoms with E-state index in [1.807, 2.05) is 13.0 Å². The molecule has 186 valence electrons. The zero-order valence-corrected chi connectivity index (χ0v) is 19.8. The van der Waals surface area contributed by atoms with E-state index in [1.54, 1.807) is 24.3 Å². The number of aryl methyl sites for hydroxylation is 1. The number of carbonyl (C=O) groups is 2. The van der Waals surface area contributed by atoms with E-state index in [0.717, 1.165) is 5.56 Å². The number of anilines is 1. The number of thioether (sulfide) groups is 1. The minimum absolute atomic E-state index is 0.0780. The lowest BCUT2D eigenvalue weighted by atomic mass is 10.1. The number of nitrogens with one attached hydrogen (secondary N) is 1. The Bertz CT molecular complexity index is 1330. The molecule has 1 N–H and O–H groups in total. The van der Waals surface area contributed by atoms with Crippen LogP contribution in [-0.4, -0.2) is 43.7 Å². The number of ether oxygens (including phenoxy) is 1. The number of allylic oxidation sites excluding steroid dienone is 1. The second-order valence-electron chi connectivity index (χ2n) is 7.59. The van der Waals surface area contributed by atoms with Crippen LogP contribution in [0.1, 0.15) is 18.9 Å². The molecule has 1 aliphatic heterocycles. The number of rotatable bonds is 5. The molecule has 0 unspecified atom stereocenters. The third-order valence-corrected chi connectivity index (χ3v) is 6.00. The Morgan fingerprint density at radius 3 is 2.72 bits per heavy atom. The van der Waals surface area contributed by atoms with Crippen molar-refractivity contribution in [3.8, 4) is 22.8 Å². The monoisotopic (exact) mass is 515 g/mol. The summed E-state index contributed by atoms with van der Waals surface area (Å²) in [7, 11) is 0. The number of urea groups is 1. The van der Waals surface area contributed by atoms with Crippen LogP contribution >= 0.6 is 11.8 Å². The second kappa shape index (κ2) is 10.8. The number of halogens is 3. The van der Waals surface area contributed by atoms with Crippen LogP contribution in [0.2, 0.25) is 0 Å². The molecule has 2 aromatic carbocycles.